The number of hydrogen-bond acceptors (Lipinski definition) is 5. The van der Waals surface area contributed by atoms with Crippen LogP contribution in [0.3, 0.4) is 0 Å². The van der Waals surface area contributed by atoms with Crippen molar-refractivity contribution >= 4 is 17.7 Å². The molecule has 0 aromatic heterocycles. The zero-order valence-corrected chi connectivity index (χ0v) is 15.7. The zero-order chi connectivity index (χ0) is 18.2. The molecule has 0 radical (unpaired) electrons. The number of ether oxygens (including phenoxy) is 3. The molecule has 2 aromatic carbocycles. The molecule has 25 heavy (non-hydrogen) atoms. The predicted molar refractivity (Wildman–Crippen MR) is 99.7 cm³/mol. The lowest BCUT2D eigenvalue weighted by atomic mass is 10.2. The Hall–Kier alpha value is -2.34. The second-order valence-corrected chi connectivity index (χ2v) is 6.22. The maximum Gasteiger partial charge on any atom is 0.261 e. The standard InChI is InChI=1S/C19H23NO4S/c1-13(24-15-6-8-16(25-4)9-7-15)19(21)20-12-14-5-10-17(22-2)18(11-14)23-3/h5-11,13H,12H2,1-4H3,(H,20,21). The first-order chi connectivity index (χ1) is 12.1. The monoisotopic (exact) mass is 361 g/mol. The molecular weight excluding hydrogens is 338 g/mol. The van der Waals surface area contributed by atoms with Crippen LogP contribution in [-0.2, 0) is 11.3 Å². The van der Waals surface area contributed by atoms with Crippen molar-refractivity contribution in [1.82, 2.24) is 5.32 Å². The third-order valence-electron chi connectivity index (χ3n) is 3.66. The van der Waals surface area contributed by atoms with E-state index < -0.39 is 6.10 Å². The quantitative estimate of drug-likeness (QED) is 0.729. The van der Waals surface area contributed by atoms with Crippen LogP contribution in [0.5, 0.6) is 17.2 Å². The molecule has 0 saturated heterocycles. The third-order valence-corrected chi connectivity index (χ3v) is 4.40. The topological polar surface area (TPSA) is 56.8 Å². The Morgan fingerprint density at radius 3 is 2.36 bits per heavy atom. The molecule has 0 heterocycles. The molecular formula is C19H23NO4S. The second kappa shape index (κ2) is 9.22. The van der Waals surface area contributed by atoms with E-state index in [1.807, 2.05) is 48.7 Å². The average Bonchev–Trinajstić information content (AvgIpc) is 2.66. The van der Waals surface area contributed by atoms with E-state index in [0.29, 0.717) is 23.8 Å². The minimum Gasteiger partial charge on any atom is -0.493 e. The van der Waals surface area contributed by atoms with E-state index >= 15 is 0 Å². The van der Waals surface area contributed by atoms with Gasteiger partial charge in [0.05, 0.1) is 14.2 Å². The molecule has 0 aliphatic rings. The van der Waals surface area contributed by atoms with Gasteiger partial charge in [-0.2, -0.15) is 0 Å². The maximum absolute atomic E-state index is 12.2. The molecule has 5 nitrogen and oxygen atoms in total. The summed E-state index contributed by atoms with van der Waals surface area (Å²) in [6.07, 6.45) is 1.43. The van der Waals surface area contributed by atoms with Crippen molar-refractivity contribution in [2.45, 2.75) is 24.5 Å². The molecule has 0 saturated carbocycles. The van der Waals surface area contributed by atoms with Gasteiger partial charge in [0.25, 0.3) is 5.91 Å². The number of rotatable bonds is 8. The van der Waals surface area contributed by atoms with E-state index in [4.69, 9.17) is 14.2 Å². The summed E-state index contributed by atoms with van der Waals surface area (Å²) in [6, 6.07) is 13.2. The summed E-state index contributed by atoms with van der Waals surface area (Å²) in [4.78, 5) is 13.4. The lowest BCUT2D eigenvalue weighted by Gasteiger charge is -2.15. The highest BCUT2D eigenvalue weighted by molar-refractivity contribution is 7.98. The van der Waals surface area contributed by atoms with Crippen molar-refractivity contribution in [3.8, 4) is 17.2 Å². The van der Waals surface area contributed by atoms with Crippen LogP contribution in [0.1, 0.15) is 12.5 Å². The Morgan fingerprint density at radius 1 is 1.08 bits per heavy atom. The summed E-state index contributed by atoms with van der Waals surface area (Å²) in [5.41, 5.74) is 0.919. The Balaban J connectivity index is 1.90. The van der Waals surface area contributed by atoms with Gasteiger partial charge in [-0.1, -0.05) is 6.07 Å². The number of amides is 1. The average molecular weight is 361 g/mol. The van der Waals surface area contributed by atoms with Crippen LogP contribution in [0.15, 0.2) is 47.4 Å². The van der Waals surface area contributed by atoms with Crippen LogP contribution in [0, 0.1) is 0 Å². The molecule has 1 unspecified atom stereocenters. The van der Waals surface area contributed by atoms with Crippen molar-refractivity contribution in [2.24, 2.45) is 0 Å². The fourth-order valence-corrected chi connectivity index (χ4v) is 2.64. The molecule has 0 spiro atoms. The van der Waals surface area contributed by atoms with Gasteiger partial charge in [-0.15, -0.1) is 11.8 Å². The van der Waals surface area contributed by atoms with Gasteiger partial charge in [0, 0.05) is 11.4 Å². The Morgan fingerprint density at radius 2 is 1.76 bits per heavy atom. The SMILES string of the molecule is COc1ccc(CNC(=O)C(C)Oc2ccc(SC)cc2)cc1OC. The molecule has 1 N–H and O–H groups in total. The van der Waals surface area contributed by atoms with Crippen molar-refractivity contribution < 1.29 is 19.0 Å². The van der Waals surface area contributed by atoms with Gasteiger partial charge < -0.3 is 19.5 Å². The highest BCUT2D eigenvalue weighted by atomic mass is 32.2. The summed E-state index contributed by atoms with van der Waals surface area (Å²) in [5, 5.41) is 2.87. The summed E-state index contributed by atoms with van der Waals surface area (Å²) in [5.74, 6) is 1.78. The van der Waals surface area contributed by atoms with E-state index in [0.717, 1.165) is 10.5 Å². The summed E-state index contributed by atoms with van der Waals surface area (Å²) < 4.78 is 16.1. The van der Waals surface area contributed by atoms with E-state index in [1.54, 1.807) is 32.9 Å². The highest BCUT2D eigenvalue weighted by Gasteiger charge is 2.14. The first-order valence-corrected chi connectivity index (χ1v) is 9.09. The number of methoxy groups -OCH3 is 2. The number of benzene rings is 2. The summed E-state index contributed by atoms with van der Waals surface area (Å²) >= 11 is 1.66. The fraction of sp³-hybridized carbons (Fsp3) is 0.316. The summed E-state index contributed by atoms with van der Waals surface area (Å²) in [6.45, 7) is 2.12. The predicted octanol–water partition coefficient (Wildman–Crippen LogP) is 3.51. The second-order valence-electron chi connectivity index (χ2n) is 5.34. The Bertz CT molecular complexity index is 703. The molecule has 1 amide bonds. The van der Waals surface area contributed by atoms with Crippen molar-refractivity contribution in [3.63, 3.8) is 0 Å². The minimum atomic E-state index is -0.583. The van der Waals surface area contributed by atoms with Gasteiger partial charge in [-0.05, 0) is 55.1 Å². The maximum atomic E-state index is 12.2. The largest absolute Gasteiger partial charge is 0.493 e. The molecule has 0 bridgehead atoms. The molecule has 2 aromatic rings. The first-order valence-electron chi connectivity index (χ1n) is 7.86. The molecule has 6 heteroatoms. The van der Waals surface area contributed by atoms with Crippen LogP contribution in [0.25, 0.3) is 0 Å². The lowest BCUT2D eigenvalue weighted by Crippen LogP contribution is -2.35. The number of hydrogen-bond donors (Lipinski definition) is 1. The highest BCUT2D eigenvalue weighted by Crippen LogP contribution is 2.27. The lowest BCUT2D eigenvalue weighted by molar-refractivity contribution is -0.127. The van der Waals surface area contributed by atoms with Gasteiger partial charge in [0.15, 0.2) is 17.6 Å². The van der Waals surface area contributed by atoms with Crippen molar-refractivity contribution in [2.75, 3.05) is 20.5 Å². The van der Waals surface area contributed by atoms with Crippen molar-refractivity contribution in [3.05, 3.63) is 48.0 Å². The first kappa shape index (κ1) is 19.0. The van der Waals surface area contributed by atoms with Gasteiger partial charge in [-0.3, -0.25) is 4.79 Å². The zero-order valence-electron chi connectivity index (χ0n) is 14.9. The van der Waals surface area contributed by atoms with Crippen LogP contribution < -0.4 is 19.5 Å². The van der Waals surface area contributed by atoms with Crippen LogP contribution >= 0.6 is 11.8 Å². The van der Waals surface area contributed by atoms with Gasteiger partial charge >= 0.3 is 0 Å². The van der Waals surface area contributed by atoms with Crippen LogP contribution in [-0.4, -0.2) is 32.5 Å². The molecule has 134 valence electrons. The number of nitrogens with one attached hydrogen (secondary N) is 1. The van der Waals surface area contributed by atoms with E-state index in [2.05, 4.69) is 5.32 Å². The van der Waals surface area contributed by atoms with Crippen molar-refractivity contribution in [1.29, 1.82) is 0 Å². The Labute approximate surface area is 152 Å². The van der Waals surface area contributed by atoms with E-state index in [9.17, 15) is 4.79 Å². The van der Waals surface area contributed by atoms with Crippen LogP contribution in [0.2, 0.25) is 0 Å². The number of carbonyl (C=O) groups excluding carboxylic acids is 1. The van der Waals surface area contributed by atoms with E-state index in [1.165, 1.54) is 0 Å². The third kappa shape index (κ3) is 5.32. The molecule has 1 atom stereocenters. The van der Waals surface area contributed by atoms with E-state index in [-0.39, 0.29) is 5.91 Å². The summed E-state index contributed by atoms with van der Waals surface area (Å²) in [7, 11) is 3.17. The number of thioether (sulfide) groups is 1. The molecule has 0 aliphatic heterocycles. The normalized spacial score (nSPS) is 11.5. The fourth-order valence-electron chi connectivity index (χ4n) is 2.24. The Kier molecular flexibility index (Phi) is 7.01. The molecule has 0 fully saturated rings. The van der Waals surface area contributed by atoms with Gasteiger partial charge in [0.2, 0.25) is 0 Å². The minimum absolute atomic E-state index is 0.177. The molecule has 0 aliphatic carbocycles. The smallest absolute Gasteiger partial charge is 0.261 e. The number of carbonyl (C=O) groups is 1. The molecule has 2 rings (SSSR count). The van der Waals surface area contributed by atoms with Crippen LogP contribution in [0.4, 0.5) is 0 Å². The van der Waals surface area contributed by atoms with Gasteiger partial charge in [-0.25, -0.2) is 0 Å². The van der Waals surface area contributed by atoms with Gasteiger partial charge in [0.1, 0.15) is 5.75 Å².